The first-order valence-electron chi connectivity index (χ1n) is 22.1. The molecule has 2 atom stereocenters. The van der Waals surface area contributed by atoms with Crippen LogP contribution in [0.1, 0.15) is 155 Å². The number of likely N-dealkylation sites (N-methyl/N-ethyl adjacent to an activating group) is 1. The van der Waals surface area contributed by atoms with E-state index in [4.69, 9.17) is 14.2 Å². The van der Waals surface area contributed by atoms with E-state index in [9.17, 15) is 19.5 Å². The quantitative estimate of drug-likeness (QED) is 0.0265. The number of hydrogen-bond donors (Lipinski definition) is 0. The Morgan fingerprint density at radius 2 is 0.982 bits per heavy atom. The molecule has 324 valence electrons. The lowest BCUT2D eigenvalue weighted by molar-refractivity contribution is -0.889. The third-order valence-corrected chi connectivity index (χ3v) is 9.27. The molecule has 0 N–H and O–H groups in total. The Kier molecular flexibility index (Phi) is 36.9. The number of hydrogen-bond acceptors (Lipinski definition) is 7. The maximum Gasteiger partial charge on any atom is 0.306 e. The highest BCUT2D eigenvalue weighted by molar-refractivity contribution is 5.70. The highest BCUT2D eigenvalue weighted by Crippen LogP contribution is 2.12. The van der Waals surface area contributed by atoms with Gasteiger partial charge in [-0.2, -0.15) is 0 Å². The van der Waals surface area contributed by atoms with E-state index in [0.29, 0.717) is 6.42 Å². The second kappa shape index (κ2) is 39.3. The summed E-state index contributed by atoms with van der Waals surface area (Å²) in [6.07, 6.45) is 50.4. The summed E-state index contributed by atoms with van der Waals surface area (Å²) in [5.41, 5.74) is 0. The van der Waals surface area contributed by atoms with Crippen molar-refractivity contribution >= 4 is 17.9 Å². The molecule has 0 aromatic carbocycles. The van der Waals surface area contributed by atoms with Gasteiger partial charge in [0.1, 0.15) is 12.6 Å². The zero-order chi connectivity index (χ0) is 42.1. The molecule has 0 fully saturated rings. The van der Waals surface area contributed by atoms with Gasteiger partial charge in [0.2, 0.25) is 0 Å². The van der Waals surface area contributed by atoms with Gasteiger partial charge in [-0.1, -0.05) is 131 Å². The molecule has 0 radical (unpaired) electrons. The fraction of sp³-hybridized carbons (Fsp3) is 0.653. The minimum absolute atomic E-state index is 0.0154. The van der Waals surface area contributed by atoms with Gasteiger partial charge in [0, 0.05) is 19.3 Å². The number of carbonyl (C=O) groups is 3. The van der Waals surface area contributed by atoms with Crippen molar-refractivity contribution in [3.05, 3.63) is 85.1 Å². The number of carboxylic acid groups (broad SMARTS) is 1. The van der Waals surface area contributed by atoms with E-state index in [2.05, 4.69) is 98.9 Å². The van der Waals surface area contributed by atoms with Crippen LogP contribution in [0.25, 0.3) is 0 Å². The van der Waals surface area contributed by atoms with Crippen LogP contribution in [0, 0.1) is 0 Å². The number of carboxylic acids is 1. The van der Waals surface area contributed by atoms with Crippen LogP contribution in [-0.2, 0) is 28.6 Å². The highest BCUT2D eigenvalue weighted by Gasteiger charge is 2.25. The Balaban J connectivity index is 4.42. The molecule has 0 spiro atoms. The zero-order valence-corrected chi connectivity index (χ0v) is 36.7. The molecule has 57 heavy (non-hydrogen) atoms. The molecular weight excluding hydrogens is 715 g/mol. The normalized spacial score (nSPS) is 13.8. The van der Waals surface area contributed by atoms with Crippen LogP contribution in [-0.4, -0.2) is 75.5 Å². The number of allylic oxidation sites excluding steroid dienone is 14. The first-order valence-corrected chi connectivity index (χ1v) is 22.1. The molecule has 0 saturated carbocycles. The molecule has 0 heterocycles. The van der Waals surface area contributed by atoms with Crippen molar-refractivity contribution in [2.75, 3.05) is 41.0 Å². The van der Waals surface area contributed by atoms with Gasteiger partial charge in [0.05, 0.1) is 40.3 Å². The van der Waals surface area contributed by atoms with Gasteiger partial charge < -0.3 is 28.6 Å². The van der Waals surface area contributed by atoms with Crippen LogP contribution < -0.4 is 5.11 Å². The van der Waals surface area contributed by atoms with Gasteiger partial charge in [-0.3, -0.25) is 9.59 Å². The average molecular weight is 796 g/mol. The molecule has 0 aliphatic rings. The number of esters is 2. The Labute approximate surface area is 348 Å². The van der Waals surface area contributed by atoms with Crippen LogP contribution in [0.2, 0.25) is 0 Å². The van der Waals surface area contributed by atoms with Crippen molar-refractivity contribution in [2.24, 2.45) is 0 Å². The lowest BCUT2D eigenvalue weighted by Gasteiger charge is -2.34. The summed E-state index contributed by atoms with van der Waals surface area (Å²) >= 11 is 0. The maximum absolute atomic E-state index is 12.7. The molecular formula is C49H81NO7. The molecule has 0 bridgehead atoms. The van der Waals surface area contributed by atoms with Crippen LogP contribution in [0.4, 0.5) is 0 Å². The third kappa shape index (κ3) is 37.8. The zero-order valence-electron chi connectivity index (χ0n) is 36.7. The molecule has 0 amide bonds. The Bertz CT molecular complexity index is 1200. The smallest absolute Gasteiger partial charge is 0.306 e. The lowest BCUT2D eigenvalue weighted by Crippen LogP contribution is -2.55. The van der Waals surface area contributed by atoms with E-state index < -0.39 is 18.1 Å². The van der Waals surface area contributed by atoms with Gasteiger partial charge in [0.15, 0.2) is 6.10 Å². The number of nitrogens with zero attached hydrogens (tertiary/aromatic N) is 1. The summed E-state index contributed by atoms with van der Waals surface area (Å²) in [5, 5.41) is 11.6. The topological polar surface area (TPSA) is 102 Å². The summed E-state index contributed by atoms with van der Waals surface area (Å²) in [4.78, 5) is 36.8. The highest BCUT2D eigenvalue weighted by atomic mass is 16.6. The largest absolute Gasteiger partial charge is 0.544 e. The molecule has 8 nitrogen and oxygen atoms in total. The molecule has 2 unspecified atom stereocenters. The Morgan fingerprint density at radius 1 is 0.544 bits per heavy atom. The van der Waals surface area contributed by atoms with Crippen molar-refractivity contribution in [1.82, 2.24) is 0 Å². The minimum atomic E-state index is -1.14. The van der Waals surface area contributed by atoms with E-state index in [1.807, 2.05) is 0 Å². The number of rotatable bonds is 38. The van der Waals surface area contributed by atoms with E-state index in [-0.39, 0.29) is 55.5 Å². The van der Waals surface area contributed by atoms with Crippen molar-refractivity contribution in [1.29, 1.82) is 0 Å². The maximum atomic E-state index is 12.7. The van der Waals surface area contributed by atoms with Crippen LogP contribution in [0.3, 0.4) is 0 Å². The third-order valence-electron chi connectivity index (χ3n) is 9.27. The predicted molar refractivity (Wildman–Crippen MR) is 235 cm³/mol. The fourth-order valence-corrected chi connectivity index (χ4v) is 5.83. The summed E-state index contributed by atoms with van der Waals surface area (Å²) in [6, 6.07) is -0.739. The van der Waals surface area contributed by atoms with Crippen LogP contribution >= 0.6 is 0 Å². The van der Waals surface area contributed by atoms with E-state index in [1.54, 1.807) is 21.1 Å². The molecule has 8 heteroatoms. The number of quaternary nitrogens is 1. The van der Waals surface area contributed by atoms with Crippen LogP contribution in [0.5, 0.6) is 0 Å². The SMILES string of the molecule is CC/C=C/C/C=C/C/C=C/CCCCC(=O)OCC(COCCC(C(=O)[O-])[N+](C)(C)C)OC(=O)CCCCCCC/C=C/C/C=C/C/C=C/C/C=C/CCCCC. The second-order valence-electron chi connectivity index (χ2n) is 15.5. The van der Waals surface area contributed by atoms with Gasteiger partial charge in [-0.05, 0) is 89.9 Å². The molecule has 0 aromatic rings. The monoisotopic (exact) mass is 796 g/mol. The van der Waals surface area contributed by atoms with Gasteiger partial charge in [-0.15, -0.1) is 0 Å². The van der Waals surface area contributed by atoms with Crippen molar-refractivity contribution in [2.45, 2.75) is 167 Å². The number of ether oxygens (including phenoxy) is 3. The van der Waals surface area contributed by atoms with E-state index in [0.717, 1.165) is 89.9 Å². The average Bonchev–Trinajstić information content (AvgIpc) is 3.17. The molecule has 0 saturated heterocycles. The van der Waals surface area contributed by atoms with Crippen molar-refractivity contribution in [3.63, 3.8) is 0 Å². The van der Waals surface area contributed by atoms with Gasteiger partial charge >= 0.3 is 11.9 Å². The molecule has 0 aliphatic carbocycles. The molecule has 0 aromatic heterocycles. The second-order valence-corrected chi connectivity index (χ2v) is 15.5. The number of aliphatic carboxylic acids is 1. The fourth-order valence-electron chi connectivity index (χ4n) is 5.83. The summed E-state index contributed by atoms with van der Waals surface area (Å²) in [6.45, 7) is 4.43. The lowest BCUT2D eigenvalue weighted by atomic mass is 10.1. The first-order chi connectivity index (χ1) is 27.6. The summed E-state index contributed by atoms with van der Waals surface area (Å²) in [5.74, 6) is -1.82. The van der Waals surface area contributed by atoms with E-state index >= 15 is 0 Å². The van der Waals surface area contributed by atoms with E-state index in [1.165, 1.54) is 25.7 Å². The number of carbonyl (C=O) groups excluding carboxylic acids is 3. The minimum Gasteiger partial charge on any atom is -0.544 e. The Hall–Kier alpha value is -3.49. The first kappa shape index (κ1) is 53.5. The molecule has 0 aliphatic heterocycles. The predicted octanol–water partition coefficient (Wildman–Crippen LogP) is 10.8. The van der Waals surface area contributed by atoms with Gasteiger partial charge in [-0.25, -0.2) is 0 Å². The van der Waals surface area contributed by atoms with Gasteiger partial charge in [0.25, 0.3) is 0 Å². The Morgan fingerprint density at radius 3 is 1.49 bits per heavy atom. The summed E-state index contributed by atoms with van der Waals surface area (Å²) < 4.78 is 17.1. The van der Waals surface area contributed by atoms with Crippen molar-refractivity contribution < 1.29 is 38.2 Å². The van der Waals surface area contributed by atoms with Crippen LogP contribution in [0.15, 0.2) is 85.1 Å². The molecule has 0 rings (SSSR count). The number of unbranched alkanes of at least 4 members (excludes halogenated alkanes) is 10. The standard InChI is InChI=1S/C49H81NO7/c1-6-8-10-12-14-16-18-20-21-22-23-24-25-26-27-28-30-32-34-36-38-40-48(52)57-45(43-55-42-41-46(49(53)54)50(3,4)5)44-56-47(51)39-37-35-33-31-29-19-17-15-13-11-9-7-2/h9,11,14-17,20-21,23-24,26-27,29,31,45-46H,6-8,10,12-13,18-19,22,25,28,30,32-44H2,1-5H3/b11-9+,16-14+,17-15+,21-20+,24-23+,27-26+,31-29+. The summed E-state index contributed by atoms with van der Waals surface area (Å²) in [7, 11) is 5.38. The van der Waals surface area contributed by atoms with Crippen molar-refractivity contribution in [3.8, 4) is 0 Å².